The maximum absolute atomic E-state index is 11.4. The van der Waals surface area contributed by atoms with Crippen LogP contribution in [-0.2, 0) is 4.79 Å². The molecule has 0 aliphatic heterocycles. The Hall–Kier alpha value is -1.39. The standard InChI is InChI=1S/C30H39NOS2/c1-5-16-29(3)21(15-18-32)10-11-22-24-13-12-23(30(24,4)17-14-25(22)29)20(2)19-33-28-31-26-8-6-7-9-27(26)34-28/h6-9,15,18,22-25H,2,5,10-14,16-17,19H2,1,3-4H3/b21-15-. The number of benzene rings is 1. The number of carbonyl (C=O) groups excluding carboxylic acids is 1. The minimum Gasteiger partial charge on any atom is -0.299 e. The first-order valence-corrected chi connectivity index (χ1v) is 15.0. The van der Waals surface area contributed by atoms with Crippen molar-refractivity contribution in [3.8, 4) is 0 Å². The fraction of sp³-hybridized carbons (Fsp3) is 0.600. The van der Waals surface area contributed by atoms with Crippen molar-refractivity contribution in [1.29, 1.82) is 0 Å². The number of aldehydes is 1. The summed E-state index contributed by atoms with van der Waals surface area (Å²) in [7, 11) is 0. The molecule has 0 amide bonds. The van der Waals surface area contributed by atoms with Gasteiger partial charge in [-0.3, -0.25) is 4.79 Å². The van der Waals surface area contributed by atoms with Crippen LogP contribution in [0.5, 0.6) is 0 Å². The number of thiazole rings is 1. The second kappa shape index (κ2) is 9.58. The molecule has 3 saturated carbocycles. The van der Waals surface area contributed by atoms with Gasteiger partial charge in [0, 0.05) is 5.75 Å². The highest BCUT2D eigenvalue weighted by atomic mass is 32.2. The van der Waals surface area contributed by atoms with Gasteiger partial charge in [0.1, 0.15) is 6.29 Å². The van der Waals surface area contributed by atoms with Crippen molar-refractivity contribution in [2.75, 3.05) is 5.75 Å². The SMILES string of the molecule is C=C(CSc1nc2ccccc2s1)C1CCC2C3CC/C(=C/C=O)C(C)(CCC)C3CCC12C. The molecule has 3 aliphatic carbocycles. The third-order valence-electron chi connectivity index (χ3n) is 9.92. The van der Waals surface area contributed by atoms with E-state index < -0.39 is 0 Å². The molecule has 34 heavy (non-hydrogen) atoms. The summed E-state index contributed by atoms with van der Waals surface area (Å²) in [4.78, 5) is 16.2. The lowest BCUT2D eigenvalue weighted by molar-refractivity contribution is -0.104. The molecule has 4 heteroatoms. The average Bonchev–Trinajstić information content (AvgIpc) is 3.40. The largest absolute Gasteiger partial charge is 0.299 e. The van der Waals surface area contributed by atoms with Crippen LogP contribution in [0.1, 0.15) is 72.1 Å². The monoisotopic (exact) mass is 493 g/mol. The van der Waals surface area contributed by atoms with E-state index in [1.165, 1.54) is 65.1 Å². The van der Waals surface area contributed by atoms with Gasteiger partial charge < -0.3 is 0 Å². The minimum absolute atomic E-state index is 0.206. The first-order chi connectivity index (χ1) is 16.4. The lowest BCUT2D eigenvalue weighted by Crippen LogP contribution is -2.49. The molecule has 6 unspecified atom stereocenters. The van der Waals surface area contributed by atoms with Gasteiger partial charge in [0.15, 0.2) is 4.34 Å². The number of rotatable bonds is 7. The fourth-order valence-corrected chi connectivity index (χ4v) is 10.4. The molecular formula is C30H39NOS2. The van der Waals surface area contributed by atoms with E-state index in [-0.39, 0.29) is 5.41 Å². The molecule has 0 saturated heterocycles. The molecule has 3 fully saturated rings. The number of para-hydroxylation sites is 1. The number of thioether (sulfide) groups is 1. The maximum Gasteiger partial charge on any atom is 0.151 e. The Morgan fingerprint density at radius 3 is 2.79 bits per heavy atom. The first kappa shape index (κ1) is 24.3. The Labute approximate surface area is 213 Å². The van der Waals surface area contributed by atoms with Crippen molar-refractivity contribution in [2.24, 2.45) is 34.5 Å². The van der Waals surface area contributed by atoms with Crippen molar-refractivity contribution in [3.05, 3.63) is 48.1 Å². The van der Waals surface area contributed by atoms with Gasteiger partial charge in [0.2, 0.25) is 0 Å². The summed E-state index contributed by atoms with van der Waals surface area (Å²) in [5.74, 6) is 3.95. The van der Waals surface area contributed by atoms with Crippen LogP contribution in [0.15, 0.2) is 52.4 Å². The van der Waals surface area contributed by atoms with Crippen molar-refractivity contribution in [3.63, 3.8) is 0 Å². The molecule has 2 nitrogen and oxygen atoms in total. The third-order valence-corrected chi connectivity index (χ3v) is 12.2. The Kier molecular flexibility index (Phi) is 6.85. The summed E-state index contributed by atoms with van der Waals surface area (Å²) in [6, 6.07) is 8.44. The highest BCUT2D eigenvalue weighted by Crippen LogP contribution is 2.67. The molecule has 6 atom stereocenters. The van der Waals surface area contributed by atoms with Gasteiger partial charge in [-0.25, -0.2) is 4.98 Å². The van der Waals surface area contributed by atoms with Crippen LogP contribution in [0.4, 0.5) is 0 Å². The van der Waals surface area contributed by atoms with Crippen molar-refractivity contribution in [2.45, 2.75) is 76.5 Å². The zero-order valence-corrected chi connectivity index (χ0v) is 22.6. The smallest absolute Gasteiger partial charge is 0.151 e. The van der Waals surface area contributed by atoms with Crippen LogP contribution in [-0.4, -0.2) is 17.0 Å². The molecule has 0 bridgehead atoms. The van der Waals surface area contributed by atoms with Gasteiger partial charge in [0.05, 0.1) is 10.2 Å². The van der Waals surface area contributed by atoms with E-state index in [9.17, 15) is 4.79 Å². The zero-order chi connectivity index (χ0) is 23.9. The second-order valence-corrected chi connectivity index (χ2v) is 13.7. The van der Waals surface area contributed by atoms with Gasteiger partial charge in [-0.2, -0.15) is 0 Å². The predicted octanol–water partition coefficient (Wildman–Crippen LogP) is 8.73. The summed E-state index contributed by atoms with van der Waals surface area (Å²) in [6.07, 6.45) is 13.0. The molecule has 2 aromatic rings. The Balaban J connectivity index is 1.31. The summed E-state index contributed by atoms with van der Waals surface area (Å²) < 4.78 is 2.44. The van der Waals surface area contributed by atoms with Crippen LogP contribution in [0.25, 0.3) is 10.2 Å². The van der Waals surface area contributed by atoms with Crippen molar-refractivity contribution >= 4 is 39.6 Å². The predicted molar refractivity (Wildman–Crippen MR) is 146 cm³/mol. The van der Waals surface area contributed by atoms with E-state index in [2.05, 4.69) is 51.6 Å². The first-order valence-electron chi connectivity index (χ1n) is 13.2. The molecule has 3 aliphatic rings. The molecule has 1 aromatic carbocycles. The molecule has 182 valence electrons. The van der Waals surface area contributed by atoms with E-state index in [0.717, 1.165) is 41.7 Å². The van der Waals surface area contributed by atoms with Crippen LogP contribution in [0.2, 0.25) is 0 Å². The van der Waals surface area contributed by atoms with E-state index in [1.807, 2.05) is 29.2 Å². The molecule has 1 heterocycles. The number of carbonyl (C=O) groups is 1. The molecule has 5 rings (SSSR count). The molecule has 0 radical (unpaired) electrons. The lowest BCUT2D eigenvalue weighted by Gasteiger charge is -2.57. The highest BCUT2D eigenvalue weighted by molar-refractivity contribution is 8.01. The number of aromatic nitrogens is 1. The average molecular weight is 494 g/mol. The normalized spacial score (nSPS) is 36.4. The minimum atomic E-state index is 0.206. The van der Waals surface area contributed by atoms with Gasteiger partial charge in [-0.1, -0.05) is 68.8 Å². The number of hydrogen-bond acceptors (Lipinski definition) is 4. The summed E-state index contributed by atoms with van der Waals surface area (Å²) in [5, 5.41) is 0. The number of fused-ring (bicyclic) bond motifs is 4. The summed E-state index contributed by atoms with van der Waals surface area (Å²) >= 11 is 3.69. The quantitative estimate of drug-likeness (QED) is 0.167. The Bertz CT molecular complexity index is 1070. The lowest BCUT2D eigenvalue weighted by atomic mass is 9.47. The van der Waals surface area contributed by atoms with Gasteiger partial charge >= 0.3 is 0 Å². The zero-order valence-electron chi connectivity index (χ0n) is 21.0. The van der Waals surface area contributed by atoms with Crippen LogP contribution in [0.3, 0.4) is 0 Å². The van der Waals surface area contributed by atoms with E-state index in [0.29, 0.717) is 11.3 Å². The Morgan fingerprint density at radius 2 is 2.03 bits per heavy atom. The van der Waals surface area contributed by atoms with Crippen LogP contribution in [0, 0.1) is 34.5 Å². The number of nitrogens with zero attached hydrogens (tertiary/aromatic N) is 1. The second-order valence-electron chi connectivity index (χ2n) is 11.5. The third kappa shape index (κ3) is 4.03. The van der Waals surface area contributed by atoms with E-state index >= 15 is 0 Å². The summed E-state index contributed by atoms with van der Waals surface area (Å²) in [5.41, 5.74) is 4.56. The van der Waals surface area contributed by atoms with E-state index in [4.69, 9.17) is 4.98 Å². The molecular weight excluding hydrogens is 454 g/mol. The fourth-order valence-electron chi connectivity index (χ4n) is 8.39. The van der Waals surface area contributed by atoms with Gasteiger partial charge in [0.25, 0.3) is 0 Å². The number of allylic oxidation sites excluding steroid dienone is 2. The maximum atomic E-state index is 11.4. The van der Waals surface area contributed by atoms with Crippen LogP contribution >= 0.6 is 23.1 Å². The molecule has 0 spiro atoms. The molecule has 0 N–H and O–H groups in total. The van der Waals surface area contributed by atoms with Gasteiger partial charge in [-0.15, -0.1) is 11.3 Å². The van der Waals surface area contributed by atoms with Crippen molar-refractivity contribution < 1.29 is 4.79 Å². The van der Waals surface area contributed by atoms with Crippen molar-refractivity contribution in [1.82, 2.24) is 4.98 Å². The van der Waals surface area contributed by atoms with Crippen LogP contribution < -0.4 is 0 Å². The number of hydrogen-bond donors (Lipinski definition) is 0. The Morgan fingerprint density at radius 1 is 1.21 bits per heavy atom. The molecule has 1 aromatic heterocycles. The highest BCUT2D eigenvalue weighted by Gasteiger charge is 2.58. The summed E-state index contributed by atoms with van der Waals surface area (Å²) in [6.45, 7) is 12.0. The van der Waals surface area contributed by atoms with E-state index in [1.54, 1.807) is 0 Å². The van der Waals surface area contributed by atoms with Gasteiger partial charge in [-0.05, 0) is 97.7 Å². The topological polar surface area (TPSA) is 30.0 Å².